The van der Waals surface area contributed by atoms with Gasteiger partial charge in [-0.1, -0.05) is 36.4 Å². The van der Waals surface area contributed by atoms with Gasteiger partial charge >= 0.3 is 6.18 Å². The van der Waals surface area contributed by atoms with Gasteiger partial charge in [-0.15, -0.1) is 0 Å². The maximum absolute atomic E-state index is 13.9. The summed E-state index contributed by atoms with van der Waals surface area (Å²) >= 11 is 0. The van der Waals surface area contributed by atoms with Crippen LogP contribution < -0.4 is 4.90 Å². The second-order valence-corrected chi connectivity index (χ2v) is 10.7. The largest absolute Gasteiger partial charge is 0.456 e. The fraction of sp³-hybridized carbons (Fsp3) is 0.483. The molecule has 2 fully saturated rings. The van der Waals surface area contributed by atoms with Crippen molar-refractivity contribution in [3.63, 3.8) is 0 Å². The van der Waals surface area contributed by atoms with E-state index in [1.165, 1.54) is 4.90 Å². The first-order chi connectivity index (χ1) is 18.4. The van der Waals surface area contributed by atoms with Crippen LogP contribution in [0.4, 0.5) is 18.9 Å². The van der Waals surface area contributed by atoms with E-state index in [9.17, 15) is 18.0 Å². The third-order valence-electron chi connectivity index (χ3n) is 8.34. The summed E-state index contributed by atoms with van der Waals surface area (Å²) in [6.45, 7) is 3.39. The number of halogens is 3. The number of piperazine rings is 1. The molecule has 0 aromatic heterocycles. The van der Waals surface area contributed by atoms with Crippen LogP contribution >= 0.6 is 0 Å². The molecule has 38 heavy (non-hydrogen) atoms. The second-order valence-electron chi connectivity index (χ2n) is 10.7. The van der Waals surface area contributed by atoms with Crippen molar-refractivity contribution in [2.75, 3.05) is 37.6 Å². The van der Waals surface area contributed by atoms with Crippen molar-refractivity contribution in [3.05, 3.63) is 77.8 Å². The lowest BCUT2D eigenvalue weighted by Crippen LogP contribution is -2.56. The predicted octanol–water partition coefficient (Wildman–Crippen LogP) is 5.26. The number of alkyl halides is 3. The van der Waals surface area contributed by atoms with Gasteiger partial charge in [0.15, 0.2) is 12.0 Å². The smallest absolute Gasteiger partial charge is 0.403 e. The van der Waals surface area contributed by atoms with E-state index in [2.05, 4.69) is 15.9 Å². The van der Waals surface area contributed by atoms with Gasteiger partial charge in [-0.2, -0.15) is 13.2 Å². The van der Waals surface area contributed by atoms with E-state index in [0.717, 1.165) is 49.2 Å². The Balaban J connectivity index is 1.10. The average molecular weight is 528 g/mol. The standard InChI is InChI=1S/C29H32F3N3O3/c30-29(31,32)28(12-13-28)27(36)35-23(11-10-21-6-4-5-9-24(21)35)18-33-14-16-34(17-15-33)26-20-37-25(19-38-26)22-7-2-1-3-8-22/h1-2,4-7,9,19-20,23H,3,8,10-18H2. The maximum atomic E-state index is 13.9. The van der Waals surface area contributed by atoms with Gasteiger partial charge in [0.05, 0.1) is 0 Å². The summed E-state index contributed by atoms with van der Waals surface area (Å²) in [4.78, 5) is 19.3. The van der Waals surface area contributed by atoms with Gasteiger partial charge in [0.1, 0.15) is 11.7 Å². The molecule has 1 unspecified atom stereocenters. The van der Waals surface area contributed by atoms with Gasteiger partial charge in [0, 0.05) is 44.5 Å². The van der Waals surface area contributed by atoms with Gasteiger partial charge in [0.25, 0.3) is 0 Å². The molecule has 2 aliphatic carbocycles. The lowest BCUT2D eigenvalue weighted by atomic mass is 9.92. The van der Waals surface area contributed by atoms with Crippen LogP contribution in [0.1, 0.15) is 37.7 Å². The molecule has 3 aliphatic heterocycles. The molecular formula is C29H32F3N3O3. The van der Waals surface area contributed by atoms with Crippen LogP contribution in [0.25, 0.3) is 0 Å². The highest BCUT2D eigenvalue weighted by Gasteiger charge is 2.70. The highest BCUT2D eigenvalue weighted by atomic mass is 19.4. The fourth-order valence-corrected chi connectivity index (χ4v) is 5.87. The zero-order valence-corrected chi connectivity index (χ0v) is 21.3. The lowest BCUT2D eigenvalue weighted by Gasteiger charge is -2.43. The number of rotatable bonds is 5. The molecule has 3 heterocycles. The second kappa shape index (κ2) is 9.84. The molecule has 1 saturated heterocycles. The predicted molar refractivity (Wildman–Crippen MR) is 137 cm³/mol. The molecule has 5 aliphatic rings. The molecule has 6 rings (SSSR count). The lowest BCUT2D eigenvalue weighted by molar-refractivity contribution is -0.191. The van der Waals surface area contributed by atoms with Crippen molar-refractivity contribution in [1.82, 2.24) is 9.80 Å². The maximum Gasteiger partial charge on any atom is 0.403 e. The minimum absolute atomic E-state index is 0.124. The monoisotopic (exact) mass is 527 g/mol. The van der Waals surface area contributed by atoms with E-state index in [1.807, 2.05) is 24.3 Å². The molecule has 1 atom stereocenters. The Kier molecular flexibility index (Phi) is 6.50. The Morgan fingerprint density at radius 3 is 2.47 bits per heavy atom. The Hall–Kier alpha value is -3.20. The average Bonchev–Trinajstić information content (AvgIpc) is 3.77. The number of allylic oxidation sites excluding steroid dienone is 4. The minimum Gasteiger partial charge on any atom is -0.456 e. The van der Waals surface area contributed by atoms with Gasteiger partial charge in [-0.05, 0) is 55.7 Å². The number of benzene rings is 1. The summed E-state index contributed by atoms with van der Waals surface area (Å²) in [5, 5.41) is 0. The van der Waals surface area contributed by atoms with Crippen molar-refractivity contribution < 1.29 is 27.4 Å². The first kappa shape index (κ1) is 25.1. The number of para-hydroxylation sites is 1. The first-order valence-corrected chi connectivity index (χ1v) is 13.4. The van der Waals surface area contributed by atoms with Gasteiger partial charge < -0.3 is 19.3 Å². The molecule has 202 valence electrons. The SMILES string of the molecule is O=C(N1c2ccccc2CCC1CN1CCN(C2=COC(C3=CC=CCC3)=CO2)CC1)C1(C(F)(F)F)CC1. The van der Waals surface area contributed by atoms with Crippen molar-refractivity contribution >= 4 is 11.6 Å². The number of amides is 1. The zero-order chi connectivity index (χ0) is 26.3. The highest BCUT2D eigenvalue weighted by molar-refractivity contribution is 6.01. The zero-order valence-electron chi connectivity index (χ0n) is 21.3. The molecule has 1 aromatic carbocycles. The van der Waals surface area contributed by atoms with E-state index in [1.54, 1.807) is 24.7 Å². The van der Waals surface area contributed by atoms with E-state index in [0.29, 0.717) is 37.6 Å². The van der Waals surface area contributed by atoms with Crippen molar-refractivity contribution in [2.45, 2.75) is 50.7 Å². The van der Waals surface area contributed by atoms with Crippen LogP contribution in [0.5, 0.6) is 0 Å². The van der Waals surface area contributed by atoms with E-state index >= 15 is 0 Å². The summed E-state index contributed by atoms with van der Waals surface area (Å²) in [5.74, 6) is 0.598. The number of carbonyl (C=O) groups excluding carboxylic acids is 1. The molecule has 6 nitrogen and oxygen atoms in total. The number of fused-ring (bicyclic) bond motifs is 1. The molecular weight excluding hydrogens is 495 g/mol. The molecule has 1 amide bonds. The molecule has 0 N–H and O–H groups in total. The number of nitrogens with zero attached hydrogens (tertiary/aromatic N) is 3. The summed E-state index contributed by atoms with van der Waals surface area (Å²) in [5.41, 5.74) is 0.454. The summed E-state index contributed by atoms with van der Waals surface area (Å²) in [6.07, 6.45) is 8.01. The molecule has 9 heteroatoms. The molecule has 0 bridgehead atoms. The van der Waals surface area contributed by atoms with E-state index < -0.39 is 17.5 Å². The molecule has 1 saturated carbocycles. The molecule has 0 radical (unpaired) electrons. The summed E-state index contributed by atoms with van der Waals surface area (Å²) < 4.78 is 53.5. The topological polar surface area (TPSA) is 45.3 Å². The Morgan fingerprint density at radius 1 is 1.03 bits per heavy atom. The van der Waals surface area contributed by atoms with Gasteiger partial charge in [-0.3, -0.25) is 9.69 Å². The van der Waals surface area contributed by atoms with Crippen LogP contribution in [0.3, 0.4) is 0 Å². The van der Waals surface area contributed by atoms with Crippen LogP contribution in [-0.4, -0.2) is 60.6 Å². The van der Waals surface area contributed by atoms with E-state index in [-0.39, 0.29) is 18.9 Å². The third kappa shape index (κ3) is 4.61. The van der Waals surface area contributed by atoms with Crippen molar-refractivity contribution in [2.24, 2.45) is 5.41 Å². The number of carbonyl (C=O) groups is 1. The van der Waals surface area contributed by atoms with Crippen molar-refractivity contribution in [1.29, 1.82) is 0 Å². The number of aryl methyl sites for hydroxylation is 1. The normalized spacial score (nSPS) is 24.9. The Bertz CT molecular complexity index is 1210. The Morgan fingerprint density at radius 2 is 1.82 bits per heavy atom. The highest BCUT2D eigenvalue weighted by Crippen LogP contribution is 2.59. The van der Waals surface area contributed by atoms with Gasteiger partial charge in [0.2, 0.25) is 11.8 Å². The number of hydrogen-bond donors (Lipinski definition) is 0. The fourth-order valence-electron chi connectivity index (χ4n) is 5.87. The number of ether oxygens (including phenoxy) is 2. The molecule has 0 spiro atoms. The molecule has 1 aromatic rings. The summed E-state index contributed by atoms with van der Waals surface area (Å²) in [6, 6.07) is 7.09. The first-order valence-electron chi connectivity index (χ1n) is 13.4. The number of anilines is 1. The number of hydrogen-bond acceptors (Lipinski definition) is 5. The van der Waals surface area contributed by atoms with Gasteiger partial charge in [-0.25, -0.2) is 0 Å². The van der Waals surface area contributed by atoms with Crippen molar-refractivity contribution in [3.8, 4) is 0 Å². The van der Waals surface area contributed by atoms with Crippen LogP contribution in [0.15, 0.2) is 72.2 Å². The minimum atomic E-state index is -4.53. The quantitative estimate of drug-likeness (QED) is 0.523. The summed E-state index contributed by atoms with van der Waals surface area (Å²) in [7, 11) is 0. The Labute approximate surface area is 220 Å². The van der Waals surface area contributed by atoms with Crippen LogP contribution in [0, 0.1) is 5.41 Å². The third-order valence-corrected chi connectivity index (χ3v) is 8.34. The van der Waals surface area contributed by atoms with Crippen LogP contribution in [0.2, 0.25) is 0 Å². The van der Waals surface area contributed by atoms with Crippen LogP contribution in [-0.2, 0) is 20.7 Å². The van der Waals surface area contributed by atoms with E-state index in [4.69, 9.17) is 9.47 Å².